The molecule has 0 N–H and O–H groups in total. The van der Waals surface area contributed by atoms with Crippen molar-refractivity contribution in [3.63, 3.8) is 0 Å². The van der Waals surface area contributed by atoms with Gasteiger partial charge >= 0.3 is 5.97 Å². The van der Waals surface area contributed by atoms with Gasteiger partial charge in [-0.05, 0) is 55.3 Å². The molecule has 1 aliphatic heterocycles. The molecule has 0 aromatic heterocycles. The summed E-state index contributed by atoms with van der Waals surface area (Å²) >= 11 is 3.44. The Hall–Kier alpha value is -3.06. The SMILES string of the molecule is COC(=O)C1=C(C)N(CCc2ccc(OC)cc2)C(=O)/C1=C\c1cc(Br)ccc1OC. The van der Waals surface area contributed by atoms with E-state index in [1.807, 2.05) is 36.4 Å². The summed E-state index contributed by atoms with van der Waals surface area (Å²) in [4.78, 5) is 27.4. The van der Waals surface area contributed by atoms with Crippen molar-refractivity contribution in [2.24, 2.45) is 0 Å². The highest BCUT2D eigenvalue weighted by Crippen LogP contribution is 2.34. The number of benzene rings is 2. The van der Waals surface area contributed by atoms with Gasteiger partial charge in [0, 0.05) is 22.3 Å². The van der Waals surface area contributed by atoms with E-state index in [4.69, 9.17) is 14.2 Å². The lowest BCUT2D eigenvalue weighted by Gasteiger charge is -2.18. The number of methoxy groups -OCH3 is 3. The minimum absolute atomic E-state index is 0.242. The number of hydrogen-bond acceptors (Lipinski definition) is 5. The largest absolute Gasteiger partial charge is 0.497 e. The molecule has 0 unspecified atom stereocenters. The standard InChI is InChI=1S/C24H24BrNO5/c1-15-22(24(28)31-4)20(14-17-13-18(25)7-10-21(17)30-3)23(27)26(15)12-11-16-5-8-19(29-2)9-6-16/h5-10,13-14H,11-12H2,1-4H3/b20-14-. The zero-order valence-electron chi connectivity index (χ0n) is 17.9. The Balaban J connectivity index is 1.94. The van der Waals surface area contributed by atoms with Crippen LogP contribution >= 0.6 is 15.9 Å². The van der Waals surface area contributed by atoms with Crippen LogP contribution in [0, 0.1) is 0 Å². The summed E-state index contributed by atoms with van der Waals surface area (Å²) in [7, 11) is 4.49. The van der Waals surface area contributed by atoms with Crippen LogP contribution in [0.3, 0.4) is 0 Å². The van der Waals surface area contributed by atoms with E-state index in [2.05, 4.69) is 15.9 Å². The highest BCUT2D eigenvalue weighted by atomic mass is 79.9. The van der Waals surface area contributed by atoms with E-state index >= 15 is 0 Å². The van der Waals surface area contributed by atoms with E-state index in [0.717, 1.165) is 15.8 Å². The summed E-state index contributed by atoms with van der Waals surface area (Å²) in [6.45, 7) is 2.20. The number of carbonyl (C=O) groups is 2. The van der Waals surface area contributed by atoms with Gasteiger partial charge in [-0.15, -0.1) is 0 Å². The van der Waals surface area contributed by atoms with Gasteiger partial charge in [0.15, 0.2) is 0 Å². The predicted molar refractivity (Wildman–Crippen MR) is 122 cm³/mol. The maximum atomic E-state index is 13.3. The fourth-order valence-corrected chi connectivity index (χ4v) is 3.88. The van der Waals surface area contributed by atoms with Crippen molar-refractivity contribution in [1.82, 2.24) is 4.90 Å². The normalized spacial score (nSPS) is 14.9. The third-order valence-corrected chi connectivity index (χ3v) is 5.67. The molecule has 0 atom stereocenters. The number of hydrogen-bond donors (Lipinski definition) is 0. The van der Waals surface area contributed by atoms with Crippen molar-refractivity contribution in [3.8, 4) is 11.5 Å². The summed E-state index contributed by atoms with van der Waals surface area (Å²) in [5.41, 5.74) is 2.88. The molecular weight excluding hydrogens is 462 g/mol. The Labute approximate surface area is 190 Å². The number of carbonyl (C=O) groups excluding carboxylic acids is 2. The second-order valence-electron chi connectivity index (χ2n) is 6.95. The Bertz CT molecular complexity index is 1060. The summed E-state index contributed by atoms with van der Waals surface area (Å²) in [6.07, 6.45) is 2.31. The molecule has 3 rings (SSSR count). The van der Waals surface area contributed by atoms with Gasteiger partial charge in [0.2, 0.25) is 0 Å². The molecule has 1 heterocycles. The second-order valence-corrected chi connectivity index (χ2v) is 7.87. The molecule has 1 amide bonds. The smallest absolute Gasteiger partial charge is 0.340 e. The lowest BCUT2D eigenvalue weighted by Crippen LogP contribution is -2.27. The molecule has 31 heavy (non-hydrogen) atoms. The molecule has 0 bridgehead atoms. The number of amides is 1. The fourth-order valence-electron chi connectivity index (χ4n) is 3.50. The number of ether oxygens (including phenoxy) is 3. The minimum Gasteiger partial charge on any atom is -0.497 e. The molecule has 7 heteroatoms. The number of allylic oxidation sites excluding steroid dienone is 1. The van der Waals surface area contributed by atoms with Gasteiger partial charge in [-0.1, -0.05) is 28.1 Å². The molecule has 0 radical (unpaired) electrons. The second kappa shape index (κ2) is 9.83. The Morgan fingerprint density at radius 2 is 1.77 bits per heavy atom. The van der Waals surface area contributed by atoms with E-state index in [0.29, 0.717) is 30.0 Å². The molecule has 0 saturated carbocycles. The third kappa shape index (κ3) is 4.82. The lowest BCUT2D eigenvalue weighted by molar-refractivity contribution is -0.136. The number of rotatable bonds is 7. The van der Waals surface area contributed by atoms with Crippen molar-refractivity contribution in [2.75, 3.05) is 27.9 Å². The third-order valence-electron chi connectivity index (χ3n) is 5.18. The zero-order valence-corrected chi connectivity index (χ0v) is 19.5. The van der Waals surface area contributed by atoms with E-state index in [1.54, 1.807) is 38.2 Å². The van der Waals surface area contributed by atoms with Gasteiger partial charge in [-0.25, -0.2) is 4.79 Å². The van der Waals surface area contributed by atoms with Crippen molar-refractivity contribution >= 4 is 33.9 Å². The maximum absolute atomic E-state index is 13.3. The quantitative estimate of drug-likeness (QED) is 0.430. The fraction of sp³-hybridized carbons (Fsp3) is 0.250. The van der Waals surface area contributed by atoms with Crippen molar-refractivity contribution in [2.45, 2.75) is 13.3 Å². The first-order valence-electron chi connectivity index (χ1n) is 9.69. The molecule has 0 aliphatic carbocycles. The minimum atomic E-state index is -0.544. The number of halogens is 1. The van der Waals surface area contributed by atoms with Crippen molar-refractivity contribution in [1.29, 1.82) is 0 Å². The number of esters is 1. The van der Waals surface area contributed by atoms with Crippen LogP contribution < -0.4 is 9.47 Å². The lowest BCUT2D eigenvalue weighted by atomic mass is 10.0. The molecular formula is C24H24BrNO5. The molecule has 0 fully saturated rings. The summed E-state index contributed by atoms with van der Waals surface area (Å²) in [6, 6.07) is 13.2. The van der Waals surface area contributed by atoms with Gasteiger partial charge in [0.25, 0.3) is 5.91 Å². The zero-order chi connectivity index (χ0) is 22.5. The molecule has 162 valence electrons. The highest BCUT2D eigenvalue weighted by molar-refractivity contribution is 9.10. The maximum Gasteiger partial charge on any atom is 0.340 e. The summed E-state index contributed by atoms with van der Waals surface area (Å²) in [5, 5.41) is 0. The van der Waals surface area contributed by atoms with Crippen LogP contribution in [0.1, 0.15) is 18.1 Å². The molecule has 0 saturated heterocycles. The van der Waals surface area contributed by atoms with Crippen LogP contribution in [-0.4, -0.2) is 44.7 Å². The average Bonchev–Trinajstić information content (AvgIpc) is 3.01. The van der Waals surface area contributed by atoms with Crippen LogP contribution in [0.2, 0.25) is 0 Å². The van der Waals surface area contributed by atoms with E-state index in [-0.39, 0.29) is 17.1 Å². The van der Waals surface area contributed by atoms with E-state index < -0.39 is 5.97 Å². The van der Waals surface area contributed by atoms with Gasteiger partial charge in [0.05, 0.1) is 32.5 Å². The van der Waals surface area contributed by atoms with Gasteiger partial charge in [0.1, 0.15) is 11.5 Å². The van der Waals surface area contributed by atoms with E-state index in [9.17, 15) is 9.59 Å². The Kier molecular flexibility index (Phi) is 7.17. The van der Waals surface area contributed by atoms with Crippen LogP contribution in [0.4, 0.5) is 0 Å². The van der Waals surface area contributed by atoms with Crippen LogP contribution in [0.15, 0.2) is 63.8 Å². The predicted octanol–water partition coefficient (Wildman–Crippen LogP) is 4.38. The van der Waals surface area contributed by atoms with Crippen LogP contribution in [0.5, 0.6) is 11.5 Å². The van der Waals surface area contributed by atoms with Crippen molar-refractivity contribution in [3.05, 3.63) is 74.9 Å². The van der Waals surface area contributed by atoms with Gasteiger partial charge in [-0.3, -0.25) is 4.79 Å². The van der Waals surface area contributed by atoms with Crippen LogP contribution in [0.25, 0.3) is 6.08 Å². The van der Waals surface area contributed by atoms with E-state index in [1.165, 1.54) is 7.11 Å². The molecule has 1 aliphatic rings. The highest BCUT2D eigenvalue weighted by Gasteiger charge is 2.36. The van der Waals surface area contributed by atoms with Gasteiger partial charge < -0.3 is 19.1 Å². The van der Waals surface area contributed by atoms with Crippen LogP contribution in [-0.2, 0) is 20.7 Å². The Morgan fingerprint density at radius 3 is 2.39 bits per heavy atom. The molecule has 2 aromatic carbocycles. The first-order valence-corrected chi connectivity index (χ1v) is 10.5. The molecule has 2 aromatic rings. The topological polar surface area (TPSA) is 65.1 Å². The summed E-state index contributed by atoms with van der Waals surface area (Å²) < 4.78 is 16.4. The first kappa shape index (κ1) is 22.6. The molecule has 6 nitrogen and oxygen atoms in total. The summed E-state index contributed by atoms with van der Waals surface area (Å²) in [5.74, 6) is 0.590. The van der Waals surface area contributed by atoms with Crippen molar-refractivity contribution < 1.29 is 23.8 Å². The first-order chi connectivity index (χ1) is 14.9. The average molecular weight is 486 g/mol. The Morgan fingerprint density at radius 1 is 1.06 bits per heavy atom. The number of nitrogens with zero attached hydrogens (tertiary/aromatic N) is 1. The van der Waals surface area contributed by atoms with Gasteiger partial charge in [-0.2, -0.15) is 0 Å². The monoisotopic (exact) mass is 485 g/mol. The molecule has 0 spiro atoms.